The van der Waals surface area contributed by atoms with Crippen LogP contribution in [0.3, 0.4) is 0 Å². The van der Waals surface area contributed by atoms with Gasteiger partial charge in [-0.3, -0.25) is 23.4 Å². The van der Waals surface area contributed by atoms with Gasteiger partial charge in [0, 0.05) is 19.3 Å². The molecule has 0 fully saturated rings. The highest BCUT2D eigenvalue weighted by molar-refractivity contribution is 7.47. The predicted molar refractivity (Wildman–Crippen MR) is 316 cm³/mol. The molecule has 0 aromatic carbocycles. The summed E-state index contributed by atoms with van der Waals surface area (Å²) in [6.07, 6.45) is 63.4. The molecule has 0 aliphatic rings. The number of aliphatic hydroxyl groups excluding tert-OH is 1. The van der Waals surface area contributed by atoms with E-state index in [4.69, 9.17) is 23.3 Å². The largest absolute Gasteiger partial charge is 0.472 e. The number of phosphoric acid groups is 1. The number of esters is 3. The molecule has 3 unspecified atom stereocenters. The van der Waals surface area contributed by atoms with Gasteiger partial charge in [-0.25, -0.2) is 4.57 Å². The van der Waals surface area contributed by atoms with Crippen molar-refractivity contribution >= 4 is 25.7 Å². The van der Waals surface area contributed by atoms with Crippen molar-refractivity contribution in [1.29, 1.82) is 0 Å². The van der Waals surface area contributed by atoms with Gasteiger partial charge in [0.05, 0.1) is 19.8 Å². The maximum atomic E-state index is 12.9. The number of hydrogen-bond acceptors (Lipinski definition) is 10. The van der Waals surface area contributed by atoms with Crippen LogP contribution in [-0.2, 0) is 42.2 Å². The third-order valence-corrected chi connectivity index (χ3v) is 14.7. The van der Waals surface area contributed by atoms with E-state index in [1.807, 2.05) is 0 Å². The molecule has 76 heavy (non-hydrogen) atoms. The van der Waals surface area contributed by atoms with Crippen molar-refractivity contribution in [3.63, 3.8) is 0 Å². The lowest BCUT2D eigenvalue weighted by molar-refractivity contribution is -0.161. The van der Waals surface area contributed by atoms with Crippen LogP contribution in [0.15, 0.2) is 48.6 Å². The Hall–Kier alpha value is -2.56. The summed E-state index contributed by atoms with van der Waals surface area (Å²) in [5.41, 5.74) is 0. The van der Waals surface area contributed by atoms with E-state index < -0.39 is 57.8 Å². The number of carbonyl (C=O) groups excluding carboxylic acids is 3. The lowest BCUT2D eigenvalue weighted by Gasteiger charge is -2.21. The Bertz CT molecular complexity index is 1460. The van der Waals surface area contributed by atoms with E-state index in [1.54, 1.807) is 0 Å². The Morgan fingerprint density at radius 2 is 0.645 bits per heavy atom. The van der Waals surface area contributed by atoms with Gasteiger partial charge in [0.15, 0.2) is 6.10 Å². The molecular formula is C64H117O11P. The first-order valence-corrected chi connectivity index (χ1v) is 33.0. The number of allylic oxidation sites excluding steroid dienone is 8. The molecule has 11 nitrogen and oxygen atoms in total. The van der Waals surface area contributed by atoms with Crippen molar-refractivity contribution in [2.75, 3.05) is 26.4 Å². The number of ether oxygens (including phenoxy) is 3. The number of unbranched alkanes of at least 4 members (excludes halogenated alkanes) is 34. The molecular weight excluding hydrogens is 976 g/mol. The standard InChI is InChI=1S/C64H117O11P/c1-4-7-10-13-16-19-22-25-28-29-30-31-34-37-40-43-46-49-52-55-64(68)75-61(57-71-62(66)53-50-47-44-41-38-35-32-26-23-20-17-14-11-8-5-2)59-73-76(69,70)72-58-60(56-65)74-63(67)54-51-48-45-42-39-36-33-27-24-21-18-15-12-9-6-3/h16,19,25,27-28,30-31,33,60-61,65H,4-15,17-18,20-24,26,29,32,34-59H2,1-3H3,(H,69,70)/b19-16-,28-25-,31-30-,33-27-. The zero-order valence-electron chi connectivity index (χ0n) is 49.2. The summed E-state index contributed by atoms with van der Waals surface area (Å²) in [6, 6.07) is 0. The fourth-order valence-electron chi connectivity index (χ4n) is 8.89. The Balaban J connectivity index is 4.71. The molecule has 0 amide bonds. The maximum absolute atomic E-state index is 12.9. The SMILES string of the molecule is CCCCC/C=C\C/C=C\C/C=C\CCCCCCCCC(=O)OC(COC(=O)CCCCCCCCCCCCCCCCC)COP(=O)(O)OCC(CO)OC(=O)CCCCCCC/C=C\CCCCCCCC. The number of rotatable bonds is 59. The summed E-state index contributed by atoms with van der Waals surface area (Å²) < 4.78 is 39.6. The van der Waals surface area contributed by atoms with E-state index >= 15 is 0 Å². The van der Waals surface area contributed by atoms with E-state index in [1.165, 1.54) is 135 Å². The minimum Gasteiger partial charge on any atom is -0.462 e. The molecule has 0 rings (SSSR count). The monoisotopic (exact) mass is 1090 g/mol. The van der Waals surface area contributed by atoms with E-state index in [9.17, 15) is 28.9 Å². The normalized spacial score (nSPS) is 13.6. The molecule has 0 bridgehead atoms. The predicted octanol–water partition coefficient (Wildman–Crippen LogP) is 18.9. The van der Waals surface area contributed by atoms with Crippen LogP contribution in [0.25, 0.3) is 0 Å². The van der Waals surface area contributed by atoms with Crippen LogP contribution in [-0.4, -0.2) is 66.5 Å². The van der Waals surface area contributed by atoms with Crippen LogP contribution in [0.1, 0.15) is 303 Å². The van der Waals surface area contributed by atoms with E-state index in [0.717, 1.165) is 109 Å². The molecule has 0 spiro atoms. The summed E-state index contributed by atoms with van der Waals surface area (Å²) >= 11 is 0. The summed E-state index contributed by atoms with van der Waals surface area (Å²) in [5, 5.41) is 9.84. The van der Waals surface area contributed by atoms with Gasteiger partial charge in [0.1, 0.15) is 12.7 Å². The highest BCUT2D eigenvalue weighted by atomic mass is 31.2. The number of aliphatic hydroxyl groups is 1. The smallest absolute Gasteiger partial charge is 0.462 e. The highest BCUT2D eigenvalue weighted by Gasteiger charge is 2.28. The topological polar surface area (TPSA) is 155 Å². The molecule has 0 saturated heterocycles. The summed E-state index contributed by atoms with van der Waals surface area (Å²) in [6.45, 7) is 4.64. The molecule has 3 atom stereocenters. The molecule has 0 aromatic rings. The van der Waals surface area contributed by atoms with E-state index in [0.29, 0.717) is 19.3 Å². The van der Waals surface area contributed by atoms with Gasteiger partial charge in [-0.15, -0.1) is 0 Å². The lowest BCUT2D eigenvalue weighted by atomic mass is 10.0. The quantitative estimate of drug-likeness (QED) is 0.0197. The second-order valence-electron chi connectivity index (χ2n) is 21.2. The van der Waals surface area contributed by atoms with Crippen LogP contribution < -0.4 is 0 Å². The number of phosphoric ester groups is 1. The number of hydrogen-bond donors (Lipinski definition) is 2. The zero-order valence-corrected chi connectivity index (χ0v) is 50.1. The first-order valence-electron chi connectivity index (χ1n) is 31.5. The van der Waals surface area contributed by atoms with E-state index in [-0.39, 0.29) is 25.9 Å². The van der Waals surface area contributed by atoms with Crippen molar-refractivity contribution in [3.8, 4) is 0 Å². The minimum absolute atomic E-state index is 0.155. The average molecular weight is 1090 g/mol. The van der Waals surface area contributed by atoms with Crippen molar-refractivity contribution < 1.29 is 52.2 Å². The first-order chi connectivity index (χ1) is 37.2. The van der Waals surface area contributed by atoms with Gasteiger partial charge in [0.25, 0.3) is 0 Å². The van der Waals surface area contributed by atoms with Gasteiger partial charge < -0.3 is 24.2 Å². The molecule has 444 valence electrons. The average Bonchev–Trinajstić information content (AvgIpc) is 3.41. The van der Waals surface area contributed by atoms with Crippen LogP contribution in [0.5, 0.6) is 0 Å². The first kappa shape index (κ1) is 73.4. The van der Waals surface area contributed by atoms with Crippen molar-refractivity contribution in [2.45, 2.75) is 315 Å². The minimum atomic E-state index is -4.75. The van der Waals surface area contributed by atoms with Gasteiger partial charge in [-0.2, -0.15) is 0 Å². The van der Waals surface area contributed by atoms with Crippen LogP contribution in [0.2, 0.25) is 0 Å². The maximum Gasteiger partial charge on any atom is 0.472 e. The summed E-state index contributed by atoms with van der Waals surface area (Å²) in [5.74, 6) is -1.47. The van der Waals surface area contributed by atoms with Crippen LogP contribution in [0, 0.1) is 0 Å². The highest BCUT2D eigenvalue weighted by Crippen LogP contribution is 2.43. The third kappa shape index (κ3) is 56.2. The summed E-state index contributed by atoms with van der Waals surface area (Å²) in [4.78, 5) is 48.7. The van der Waals surface area contributed by atoms with Gasteiger partial charge in [-0.1, -0.05) is 249 Å². The van der Waals surface area contributed by atoms with Crippen molar-refractivity contribution in [1.82, 2.24) is 0 Å². The molecule has 2 N–H and O–H groups in total. The Labute approximate surface area is 466 Å². The molecule has 0 radical (unpaired) electrons. The molecule has 0 saturated carbocycles. The molecule has 0 aromatic heterocycles. The Morgan fingerprint density at radius 1 is 0.368 bits per heavy atom. The second-order valence-corrected chi connectivity index (χ2v) is 22.7. The molecule has 12 heteroatoms. The Kier molecular flexibility index (Phi) is 56.6. The van der Waals surface area contributed by atoms with Crippen LogP contribution >= 0.6 is 7.82 Å². The summed E-state index contributed by atoms with van der Waals surface area (Å²) in [7, 11) is -4.75. The van der Waals surface area contributed by atoms with Gasteiger partial charge >= 0.3 is 25.7 Å². The van der Waals surface area contributed by atoms with Gasteiger partial charge in [-0.05, 0) is 83.5 Å². The Morgan fingerprint density at radius 3 is 1.03 bits per heavy atom. The lowest BCUT2D eigenvalue weighted by Crippen LogP contribution is -2.30. The van der Waals surface area contributed by atoms with E-state index in [2.05, 4.69) is 69.4 Å². The molecule has 0 aliphatic heterocycles. The fourth-order valence-corrected chi connectivity index (χ4v) is 9.67. The molecule has 0 aliphatic carbocycles. The van der Waals surface area contributed by atoms with Crippen molar-refractivity contribution in [3.05, 3.63) is 48.6 Å². The second kappa shape index (κ2) is 58.6. The number of carbonyl (C=O) groups is 3. The van der Waals surface area contributed by atoms with Crippen molar-refractivity contribution in [2.24, 2.45) is 0 Å². The zero-order chi connectivity index (χ0) is 55.5. The molecule has 0 heterocycles. The van der Waals surface area contributed by atoms with Gasteiger partial charge in [0.2, 0.25) is 0 Å². The fraction of sp³-hybridized carbons (Fsp3) is 0.828. The van der Waals surface area contributed by atoms with Crippen LogP contribution in [0.4, 0.5) is 0 Å². The third-order valence-electron chi connectivity index (χ3n) is 13.7.